The normalized spacial score (nSPS) is 32.8. The van der Waals surface area contributed by atoms with Crippen LogP contribution in [0, 0.1) is 11.3 Å². The smallest absolute Gasteiger partial charge is 0.133 e. The summed E-state index contributed by atoms with van der Waals surface area (Å²) in [6, 6.07) is 0. The van der Waals surface area contributed by atoms with E-state index in [2.05, 4.69) is 6.92 Å². The topological polar surface area (TPSA) is 26.3 Å². The summed E-state index contributed by atoms with van der Waals surface area (Å²) in [4.78, 5) is 11.7. The molecule has 3 unspecified atom stereocenters. The molecular weight excluding hydrogens is 224 g/mol. The lowest BCUT2D eigenvalue weighted by molar-refractivity contribution is -0.118. The maximum atomic E-state index is 11.7. The van der Waals surface area contributed by atoms with E-state index in [0.717, 1.165) is 25.2 Å². The molecule has 2 saturated carbocycles. The molecule has 2 heteroatoms. The van der Waals surface area contributed by atoms with E-state index in [4.69, 9.17) is 4.74 Å². The first-order chi connectivity index (χ1) is 8.70. The van der Waals surface area contributed by atoms with Crippen molar-refractivity contribution in [1.82, 2.24) is 0 Å². The molecule has 0 amide bonds. The van der Waals surface area contributed by atoms with Crippen LogP contribution in [-0.4, -0.2) is 19.0 Å². The molecule has 0 heterocycles. The van der Waals surface area contributed by atoms with E-state index in [1.165, 1.54) is 44.9 Å². The van der Waals surface area contributed by atoms with Crippen LogP contribution < -0.4 is 0 Å². The number of rotatable bonds is 7. The monoisotopic (exact) mass is 252 g/mol. The number of unbranched alkanes of at least 4 members (excludes halogenated alkanes) is 1. The van der Waals surface area contributed by atoms with Crippen LogP contribution in [0.15, 0.2) is 0 Å². The second kappa shape index (κ2) is 6.18. The number of ether oxygens (including phenoxy) is 1. The van der Waals surface area contributed by atoms with Crippen LogP contribution in [0.2, 0.25) is 0 Å². The highest BCUT2D eigenvalue weighted by atomic mass is 16.5. The molecule has 104 valence electrons. The standard InChI is InChI=1S/C16H28O2/c1-3-15(18-2)8-4-5-9-16-10-6-7-13(16)11-14(17)12-16/h13,15H,3-12H2,1-2H3. The summed E-state index contributed by atoms with van der Waals surface area (Å²) < 4.78 is 5.42. The first-order valence-corrected chi connectivity index (χ1v) is 7.74. The molecule has 3 atom stereocenters. The average molecular weight is 252 g/mol. The molecule has 2 aliphatic rings. The molecule has 0 bridgehead atoms. The quantitative estimate of drug-likeness (QED) is 0.637. The van der Waals surface area contributed by atoms with E-state index in [9.17, 15) is 4.79 Å². The van der Waals surface area contributed by atoms with E-state index < -0.39 is 0 Å². The third kappa shape index (κ3) is 2.96. The predicted molar refractivity (Wildman–Crippen MR) is 73.6 cm³/mol. The number of methoxy groups -OCH3 is 1. The van der Waals surface area contributed by atoms with Gasteiger partial charge in [-0.2, -0.15) is 0 Å². The molecule has 2 fully saturated rings. The second-order valence-electron chi connectivity index (χ2n) is 6.38. The van der Waals surface area contributed by atoms with Crippen LogP contribution in [-0.2, 0) is 9.53 Å². The van der Waals surface area contributed by atoms with Crippen molar-refractivity contribution in [3.8, 4) is 0 Å². The Morgan fingerprint density at radius 2 is 2.28 bits per heavy atom. The summed E-state index contributed by atoms with van der Waals surface area (Å²) in [6.07, 6.45) is 12.3. The van der Waals surface area contributed by atoms with E-state index in [1.807, 2.05) is 7.11 Å². The van der Waals surface area contributed by atoms with E-state index in [0.29, 0.717) is 17.3 Å². The summed E-state index contributed by atoms with van der Waals surface area (Å²) >= 11 is 0. The van der Waals surface area contributed by atoms with Gasteiger partial charge in [0.2, 0.25) is 0 Å². The molecule has 0 aromatic carbocycles. The first-order valence-electron chi connectivity index (χ1n) is 7.74. The lowest BCUT2D eigenvalue weighted by Crippen LogP contribution is -2.20. The summed E-state index contributed by atoms with van der Waals surface area (Å²) in [5, 5.41) is 0. The fraction of sp³-hybridized carbons (Fsp3) is 0.938. The average Bonchev–Trinajstić information content (AvgIpc) is 2.85. The van der Waals surface area contributed by atoms with Gasteiger partial charge < -0.3 is 4.74 Å². The van der Waals surface area contributed by atoms with Gasteiger partial charge in [-0.25, -0.2) is 0 Å². The van der Waals surface area contributed by atoms with Gasteiger partial charge in [-0.05, 0) is 43.4 Å². The molecule has 18 heavy (non-hydrogen) atoms. The summed E-state index contributed by atoms with van der Waals surface area (Å²) in [7, 11) is 1.81. The van der Waals surface area contributed by atoms with Gasteiger partial charge in [0.05, 0.1) is 6.10 Å². The van der Waals surface area contributed by atoms with Crippen molar-refractivity contribution >= 4 is 5.78 Å². The highest BCUT2D eigenvalue weighted by Crippen LogP contribution is 2.55. The van der Waals surface area contributed by atoms with E-state index in [-0.39, 0.29) is 0 Å². The Balaban J connectivity index is 1.74. The summed E-state index contributed by atoms with van der Waals surface area (Å²) in [5.41, 5.74) is 0.422. The van der Waals surface area contributed by atoms with Crippen LogP contribution in [0.4, 0.5) is 0 Å². The third-order valence-electron chi connectivity index (χ3n) is 5.36. The molecule has 0 saturated heterocycles. The second-order valence-corrected chi connectivity index (χ2v) is 6.38. The molecule has 0 N–H and O–H groups in total. The van der Waals surface area contributed by atoms with Crippen molar-refractivity contribution in [2.45, 2.75) is 77.2 Å². The van der Waals surface area contributed by atoms with Gasteiger partial charge in [0, 0.05) is 20.0 Å². The first kappa shape index (κ1) is 14.0. The van der Waals surface area contributed by atoms with Gasteiger partial charge in [0.1, 0.15) is 5.78 Å². The largest absolute Gasteiger partial charge is 0.381 e. The maximum absolute atomic E-state index is 11.7. The number of ketones is 1. The molecule has 0 aliphatic heterocycles. The van der Waals surface area contributed by atoms with Crippen LogP contribution in [0.25, 0.3) is 0 Å². The summed E-state index contributed by atoms with van der Waals surface area (Å²) in [6.45, 7) is 2.19. The van der Waals surface area contributed by atoms with Gasteiger partial charge in [0.25, 0.3) is 0 Å². The Kier molecular flexibility index (Phi) is 4.83. The predicted octanol–water partition coefficient (Wildman–Crippen LogP) is 4.12. The number of hydrogen-bond donors (Lipinski definition) is 0. The molecule has 2 aliphatic carbocycles. The van der Waals surface area contributed by atoms with Crippen molar-refractivity contribution in [3.05, 3.63) is 0 Å². The SMILES string of the molecule is CCC(CCCCC12CCCC1CC(=O)C2)OC. The lowest BCUT2D eigenvalue weighted by Gasteiger charge is -2.28. The minimum Gasteiger partial charge on any atom is -0.381 e. The highest BCUT2D eigenvalue weighted by molar-refractivity contribution is 5.82. The van der Waals surface area contributed by atoms with Crippen molar-refractivity contribution < 1.29 is 9.53 Å². The zero-order valence-corrected chi connectivity index (χ0v) is 12.0. The van der Waals surface area contributed by atoms with E-state index in [1.54, 1.807) is 0 Å². The lowest BCUT2D eigenvalue weighted by atomic mass is 9.76. The molecular formula is C16H28O2. The van der Waals surface area contributed by atoms with Crippen LogP contribution in [0.5, 0.6) is 0 Å². The van der Waals surface area contributed by atoms with Gasteiger partial charge in [-0.1, -0.05) is 26.2 Å². The van der Waals surface area contributed by atoms with Gasteiger partial charge >= 0.3 is 0 Å². The fourth-order valence-electron chi connectivity index (χ4n) is 4.26. The van der Waals surface area contributed by atoms with Gasteiger partial charge in [-0.15, -0.1) is 0 Å². The van der Waals surface area contributed by atoms with Gasteiger partial charge in [0.15, 0.2) is 0 Å². The molecule has 2 rings (SSSR count). The van der Waals surface area contributed by atoms with Crippen LogP contribution >= 0.6 is 0 Å². The Morgan fingerprint density at radius 3 is 3.00 bits per heavy atom. The van der Waals surface area contributed by atoms with Crippen molar-refractivity contribution in [2.75, 3.05) is 7.11 Å². The van der Waals surface area contributed by atoms with Crippen LogP contribution in [0.1, 0.15) is 71.1 Å². The number of hydrogen-bond acceptors (Lipinski definition) is 2. The highest BCUT2D eigenvalue weighted by Gasteiger charge is 2.48. The van der Waals surface area contributed by atoms with Crippen molar-refractivity contribution in [1.29, 1.82) is 0 Å². The minimum absolute atomic E-state index is 0.422. The van der Waals surface area contributed by atoms with Gasteiger partial charge in [-0.3, -0.25) is 4.79 Å². The summed E-state index contributed by atoms with van der Waals surface area (Å²) in [5.74, 6) is 1.26. The van der Waals surface area contributed by atoms with Crippen molar-refractivity contribution in [3.63, 3.8) is 0 Å². The van der Waals surface area contributed by atoms with E-state index >= 15 is 0 Å². The number of carbonyl (C=O) groups excluding carboxylic acids is 1. The maximum Gasteiger partial charge on any atom is 0.133 e. The number of Topliss-reactive ketones (excluding diaryl/α,β-unsaturated/α-hetero) is 1. The minimum atomic E-state index is 0.422. The number of fused-ring (bicyclic) bond motifs is 1. The third-order valence-corrected chi connectivity index (χ3v) is 5.36. The molecule has 0 aromatic rings. The Bertz CT molecular complexity index is 283. The number of carbonyl (C=O) groups is 1. The van der Waals surface area contributed by atoms with Crippen molar-refractivity contribution in [2.24, 2.45) is 11.3 Å². The molecule has 0 spiro atoms. The molecule has 2 nitrogen and oxygen atoms in total. The molecule has 0 radical (unpaired) electrons. The zero-order valence-electron chi connectivity index (χ0n) is 12.0. The van der Waals surface area contributed by atoms with Crippen LogP contribution in [0.3, 0.4) is 0 Å². The Hall–Kier alpha value is -0.370. The molecule has 0 aromatic heterocycles. The fourth-order valence-corrected chi connectivity index (χ4v) is 4.26. The Morgan fingerprint density at radius 1 is 1.44 bits per heavy atom. The Labute approximate surface area is 111 Å². The zero-order chi connectivity index (χ0) is 13.0.